The van der Waals surface area contributed by atoms with Crippen LogP contribution in [-0.2, 0) is 20.9 Å². The van der Waals surface area contributed by atoms with E-state index in [4.69, 9.17) is 8.92 Å². The minimum atomic E-state index is -3.46. The third-order valence-corrected chi connectivity index (χ3v) is 4.12. The minimum absolute atomic E-state index is 0.0173. The van der Waals surface area contributed by atoms with E-state index in [0.29, 0.717) is 18.3 Å². The fraction of sp³-hybridized carbons (Fsp3) is 0.571. The van der Waals surface area contributed by atoms with E-state index >= 15 is 0 Å². The largest absolute Gasteiger partial charge is 0.493 e. The molecule has 1 rings (SSSR count). The lowest BCUT2D eigenvalue weighted by atomic mass is 10.1. The highest BCUT2D eigenvalue weighted by Crippen LogP contribution is 2.25. The molecule has 0 amide bonds. The van der Waals surface area contributed by atoms with E-state index in [1.807, 2.05) is 18.2 Å². The molecule has 0 heterocycles. The molecular formula is C14H21BrO4S. The Kier molecular flexibility index (Phi) is 6.99. The van der Waals surface area contributed by atoms with Crippen molar-refractivity contribution in [1.82, 2.24) is 0 Å². The molecular weight excluding hydrogens is 344 g/mol. The lowest BCUT2D eigenvalue weighted by molar-refractivity contribution is 0.232. The maximum Gasteiger partial charge on any atom is 0.264 e. The fourth-order valence-corrected chi connectivity index (χ4v) is 2.45. The van der Waals surface area contributed by atoms with Crippen LogP contribution in [0.1, 0.15) is 32.3 Å². The SMILES string of the molecule is CCC(CC)COc1ccc(Br)cc1COS(C)(=O)=O. The maximum atomic E-state index is 11.1. The van der Waals surface area contributed by atoms with E-state index in [-0.39, 0.29) is 6.61 Å². The van der Waals surface area contributed by atoms with Crippen LogP contribution in [-0.4, -0.2) is 21.3 Å². The summed E-state index contributed by atoms with van der Waals surface area (Å²) >= 11 is 3.36. The van der Waals surface area contributed by atoms with Crippen LogP contribution in [0, 0.1) is 5.92 Å². The van der Waals surface area contributed by atoms with Crippen LogP contribution in [0.3, 0.4) is 0 Å². The summed E-state index contributed by atoms with van der Waals surface area (Å²) in [4.78, 5) is 0. The molecule has 0 fully saturated rings. The van der Waals surface area contributed by atoms with Gasteiger partial charge in [0.1, 0.15) is 5.75 Å². The molecule has 0 atom stereocenters. The minimum Gasteiger partial charge on any atom is -0.493 e. The van der Waals surface area contributed by atoms with Crippen LogP contribution < -0.4 is 4.74 Å². The molecule has 20 heavy (non-hydrogen) atoms. The highest BCUT2D eigenvalue weighted by atomic mass is 79.9. The Hall–Kier alpha value is -0.590. The number of rotatable bonds is 8. The van der Waals surface area contributed by atoms with Gasteiger partial charge in [0.2, 0.25) is 0 Å². The van der Waals surface area contributed by atoms with E-state index in [0.717, 1.165) is 29.1 Å². The maximum absolute atomic E-state index is 11.1. The highest BCUT2D eigenvalue weighted by molar-refractivity contribution is 9.10. The molecule has 0 aromatic heterocycles. The second-order valence-corrected chi connectivity index (χ2v) is 7.27. The number of ether oxygens (including phenoxy) is 1. The topological polar surface area (TPSA) is 52.6 Å². The van der Waals surface area contributed by atoms with E-state index in [9.17, 15) is 8.42 Å². The number of hydrogen-bond donors (Lipinski definition) is 0. The van der Waals surface area contributed by atoms with E-state index < -0.39 is 10.1 Å². The van der Waals surface area contributed by atoms with Gasteiger partial charge >= 0.3 is 0 Å². The Balaban J connectivity index is 2.79. The Morgan fingerprint density at radius 2 is 1.90 bits per heavy atom. The monoisotopic (exact) mass is 364 g/mol. The molecule has 0 unspecified atom stereocenters. The van der Waals surface area contributed by atoms with Crippen molar-refractivity contribution in [1.29, 1.82) is 0 Å². The average molecular weight is 365 g/mol. The molecule has 6 heteroatoms. The molecule has 114 valence electrons. The molecule has 0 saturated heterocycles. The quantitative estimate of drug-likeness (QED) is 0.659. The first kappa shape index (κ1) is 17.5. The van der Waals surface area contributed by atoms with Gasteiger partial charge < -0.3 is 4.74 Å². The summed E-state index contributed by atoms with van der Waals surface area (Å²) in [5.41, 5.74) is 0.718. The molecule has 4 nitrogen and oxygen atoms in total. The smallest absolute Gasteiger partial charge is 0.264 e. The first-order valence-electron chi connectivity index (χ1n) is 6.61. The zero-order valence-corrected chi connectivity index (χ0v) is 14.5. The molecule has 0 radical (unpaired) electrons. The van der Waals surface area contributed by atoms with Crippen molar-refractivity contribution in [2.45, 2.75) is 33.3 Å². The van der Waals surface area contributed by atoms with E-state index in [1.165, 1.54) is 0 Å². The van der Waals surface area contributed by atoms with Gasteiger partial charge in [-0.2, -0.15) is 8.42 Å². The normalized spacial score (nSPS) is 11.8. The zero-order valence-electron chi connectivity index (χ0n) is 12.1. The van der Waals surface area contributed by atoms with Gasteiger partial charge in [-0.3, -0.25) is 4.18 Å². The second-order valence-electron chi connectivity index (χ2n) is 4.71. The van der Waals surface area contributed by atoms with Crippen molar-refractivity contribution >= 4 is 26.0 Å². The molecule has 1 aromatic rings. The standard InChI is InChI=1S/C14H21BrO4S/c1-4-11(5-2)9-18-14-7-6-13(15)8-12(14)10-19-20(3,16)17/h6-8,11H,4-5,9-10H2,1-3H3. The van der Waals surface area contributed by atoms with E-state index in [1.54, 1.807) is 0 Å². The van der Waals surface area contributed by atoms with Gasteiger partial charge in [0, 0.05) is 10.0 Å². The first-order valence-corrected chi connectivity index (χ1v) is 9.22. The van der Waals surface area contributed by atoms with Gasteiger partial charge in [0.25, 0.3) is 10.1 Å². The molecule has 0 saturated carbocycles. The van der Waals surface area contributed by atoms with Gasteiger partial charge in [-0.05, 0) is 24.1 Å². The summed E-state index contributed by atoms with van der Waals surface area (Å²) in [7, 11) is -3.46. The first-order chi connectivity index (χ1) is 9.35. The van der Waals surface area contributed by atoms with Gasteiger partial charge in [-0.25, -0.2) is 0 Å². The predicted molar refractivity (Wildman–Crippen MR) is 83.3 cm³/mol. The van der Waals surface area contributed by atoms with Crippen molar-refractivity contribution in [3.8, 4) is 5.75 Å². The average Bonchev–Trinajstić information content (AvgIpc) is 2.38. The molecule has 0 aliphatic rings. The summed E-state index contributed by atoms with van der Waals surface area (Å²) in [6.45, 7) is 4.87. The van der Waals surface area contributed by atoms with Gasteiger partial charge in [0.05, 0.1) is 19.5 Å². The Labute approximate surface area is 129 Å². The summed E-state index contributed by atoms with van der Waals surface area (Å²) < 4.78 is 33.7. The highest BCUT2D eigenvalue weighted by Gasteiger charge is 2.11. The summed E-state index contributed by atoms with van der Waals surface area (Å²) in [6.07, 6.45) is 3.15. The van der Waals surface area contributed by atoms with Gasteiger partial charge in [0.15, 0.2) is 0 Å². The summed E-state index contributed by atoms with van der Waals surface area (Å²) in [5, 5.41) is 0. The molecule has 1 aromatic carbocycles. The lowest BCUT2D eigenvalue weighted by Crippen LogP contribution is -2.12. The molecule has 0 aliphatic carbocycles. The van der Waals surface area contributed by atoms with Crippen LogP contribution in [0.2, 0.25) is 0 Å². The number of hydrogen-bond acceptors (Lipinski definition) is 4. The molecule has 0 N–H and O–H groups in total. The van der Waals surface area contributed by atoms with Gasteiger partial charge in [-0.15, -0.1) is 0 Å². The van der Waals surface area contributed by atoms with Crippen LogP contribution in [0.25, 0.3) is 0 Å². The zero-order chi connectivity index (χ0) is 15.2. The van der Waals surface area contributed by atoms with E-state index in [2.05, 4.69) is 29.8 Å². The van der Waals surface area contributed by atoms with Crippen LogP contribution in [0.5, 0.6) is 5.75 Å². The molecule has 0 bridgehead atoms. The Bertz CT molecular complexity index is 524. The Morgan fingerprint density at radius 1 is 1.25 bits per heavy atom. The fourth-order valence-electron chi connectivity index (χ4n) is 1.70. The molecule has 0 aliphatic heterocycles. The van der Waals surface area contributed by atoms with Gasteiger partial charge in [-0.1, -0.05) is 42.6 Å². The lowest BCUT2D eigenvalue weighted by Gasteiger charge is -2.16. The van der Waals surface area contributed by atoms with Crippen molar-refractivity contribution in [3.63, 3.8) is 0 Å². The second kappa shape index (κ2) is 8.00. The third-order valence-electron chi connectivity index (χ3n) is 3.08. The van der Waals surface area contributed by atoms with Crippen molar-refractivity contribution in [2.24, 2.45) is 5.92 Å². The van der Waals surface area contributed by atoms with Crippen molar-refractivity contribution in [2.75, 3.05) is 12.9 Å². The van der Waals surface area contributed by atoms with Crippen LogP contribution in [0.4, 0.5) is 0 Å². The Morgan fingerprint density at radius 3 is 2.45 bits per heavy atom. The van der Waals surface area contributed by atoms with Crippen LogP contribution in [0.15, 0.2) is 22.7 Å². The van der Waals surface area contributed by atoms with Crippen LogP contribution >= 0.6 is 15.9 Å². The number of benzene rings is 1. The van der Waals surface area contributed by atoms with Crippen molar-refractivity contribution in [3.05, 3.63) is 28.2 Å². The summed E-state index contributed by atoms with van der Waals surface area (Å²) in [6, 6.07) is 5.51. The molecule has 0 spiro atoms. The predicted octanol–water partition coefficient (Wildman–Crippen LogP) is 3.74. The third kappa shape index (κ3) is 6.24. The number of halogens is 1. The van der Waals surface area contributed by atoms with Crippen molar-refractivity contribution < 1.29 is 17.3 Å². The summed E-state index contributed by atoms with van der Waals surface area (Å²) in [5.74, 6) is 1.17.